The van der Waals surface area contributed by atoms with E-state index in [0.717, 1.165) is 21.1 Å². The number of aromatic nitrogens is 2. The van der Waals surface area contributed by atoms with Crippen LogP contribution in [0.2, 0.25) is 0 Å². The minimum absolute atomic E-state index is 0.0221. The van der Waals surface area contributed by atoms with Gasteiger partial charge in [-0.25, -0.2) is 4.68 Å². The summed E-state index contributed by atoms with van der Waals surface area (Å²) in [5.74, 6) is 0.914. The zero-order valence-electron chi connectivity index (χ0n) is 10.6. The highest BCUT2D eigenvalue weighted by Gasteiger charge is 2.11. The molecule has 0 aliphatic rings. The third kappa shape index (κ3) is 2.47. The van der Waals surface area contributed by atoms with Crippen molar-refractivity contribution >= 4 is 38.5 Å². The summed E-state index contributed by atoms with van der Waals surface area (Å²) in [6.45, 7) is 3.91. The zero-order chi connectivity index (χ0) is 13.3. The smallest absolute Gasteiger partial charge is 0.267 e. The van der Waals surface area contributed by atoms with Crippen molar-refractivity contribution < 1.29 is 0 Å². The number of hydrogen-bond acceptors (Lipinski definition) is 3. The average Bonchev–Trinajstić information content (AvgIpc) is 2.34. The Kier molecular flexibility index (Phi) is 4.12. The lowest BCUT2D eigenvalue weighted by atomic mass is 10.1. The Balaban J connectivity index is 2.75. The van der Waals surface area contributed by atoms with Gasteiger partial charge in [0.1, 0.15) is 4.60 Å². The van der Waals surface area contributed by atoms with E-state index in [4.69, 9.17) is 0 Å². The molecule has 0 amide bonds. The monoisotopic (exact) mass is 326 g/mol. The number of nitrogens with zero attached hydrogens (tertiary/aromatic N) is 2. The third-order valence-corrected chi connectivity index (χ3v) is 3.95. The average molecular weight is 327 g/mol. The molecule has 0 saturated heterocycles. The van der Waals surface area contributed by atoms with Gasteiger partial charge in [-0.05, 0) is 47.7 Å². The first-order chi connectivity index (χ1) is 8.54. The summed E-state index contributed by atoms with van der Waals surface area (Å²) in [6.07, 6.45) is 2.05. The van der Waals surface area contributed by atoms with Gasteiger partial charge in [0.15, 0.2) is 0 Å². The van der Waals surface area contributed by atoms with Crippen LogP contribution in [0.25, 0.3) is 10.8 Å². The number of rotatable bonds is 3. The largest absolute Gasteiger partial charge is 0.274 e. The predicted molar refractivity (Wildman–Crippen MR) is 81.3 cm³/mol. The van der Waals surface area contributed by atoms with Crippen molar-refractivity contribution in [3.8, 4) is 0 Å². The molecular formula is C13H15BrN2OS. The number of fused-ring (bicyclic) bond motifs is 1. The van der Waals surface area contributed by atoms with Crippen molar-refractivity contribution in [1.29, 1.82) is 0 Å². The lowest BCUT2D eigenvalue weighted by Crippen LogP contribution is -2.25. The standard InChI is InChI=1S/C13H15BrN2OS/c1-8(2)16-13(17)11-6-9(7-18-3)4-5-10(11)12(14)15-16/h4-6,8H,7H2,1-3H3. The molecule has 0 aliphatic carbocycles. The molecule has 1 aromatic carbocycles. The van der Waals surface area contributed by atoms with Crippen LogP contribution in [0.15, 0.2) is 27.6 Å². The van der Waals surface area contributed by atoms with E-state index in [1.54, 1.807) is 11.8 Å². The first-order valence-corrected chi connectivity index (χ1v) is 7.93. The van der Waals surface area contributed by atoms with Crippen LogP contribution in [0.4, 0.5) is 0 Å². The summed E-state index contributed by atoms with van der Waals surface area (Å²) in [7, 11) is 0. The molecule has 0 atom stereocenters. The number of thioether (sulfide) groups is 1. The maximum absolute atomic E-state index is 12.4. The van der Waals surface area contributed by atoms with Gasteiger partial charge in [0.25, 0.3) is 5.56 Å². The fourth-order valence-corrected chi connectivity index (χ4v) is 2.90. The summed E-state index contributed by atoms with van der Waals surface area (Å²) in [6, 6.07) is 6.04. The molecule has 5 heteroatoms. The van der Waals surface area contributed by atoms with Gasteiger partial charge in [-0.15, -0.1) is 0 Å². The van der Waals surface area contributed by atoms with E-state index in [0.29, 0.717) is 0 Å². The van der Waals surface area contributed by atoms with Crippen LogP contribution in [-0.2, 0) is 5.75 Å². The normalized spacial score (nSPS) is 11.4. The highest BCUT2D eigenvalue weighted by molar-refractivity contribution is 9.10. The van der Waals surface area contributed by atoms with E-state index in [-0.39, 0.29) is 11.6 Å². The molecule has 0 fully saturated rings. The topological polar surface area (TPSA) is 34.9 Å². The second kappa shape index (κ2) is 5.45. The van der Waals surface area contributed by atoms with Crippen LogP contribution in [0.5, 0.6) is 0 Å². The molecule has 1 aromatic heterocycles. The van der Waals surface area contributed by atoms with Crippen LogP contribution in [0, 0.1) is 0 Å². The van der Waals surface area contributed by atoms with Crippen molar-refractivity contribution in [3.63, 3.8) is 0 Å². The molecule has 18 heavy (non-hydrogen) atoms. The Labute approximate surface area is 119 Å². The van der Waals surface area contributed by atoms with E-state index in [1.165, 1.54) is 10.2 Å². The summed E-state index contributed by atoms with van der Waals surface area (Å²) in [4.78, 5) is 12.4. The quantitative estimate of drug-likeness (QED) is 0.864. The van der Waals surface area contributed by atoms with Crippen LogP contribution in [-0.4, -0.2) is 16.0 Å². The summed E-state index contributed by atoms with van der Waals surface area (Å²) in [5, 5.41) is 5.90. The molecule has 0 aliphatic heterocycles. The maximum atomic E-state index is 12.4. The number of hydrogen-bond donors (Lipinski definition) is 0. The molecule has 0 radical (unpaired) electrons. The van der Waals surface area contributed by atoms with E-state index in [2.05, 4.69) is 27.3 Å². The zero-order valence-corrected chi connectivity index (χ0v) is 13.0. The highest BCUT2D eigenvalue weighted by Crippen LogP contribution is 2.22. The Morgan fingerprint density at radius 3 is 2.72 bits per heavy atom. The van der Waals surface area contributed by atoms with Gasteiger partial charge in [-0.1, -0.05) is 12.1 Å². The van der Waals surface area contributed by atoms with Gasteiger partial charge in [0.05, 0.1) is 11.4 Å². The van der Waals surface area contributed by atoms with Crippen molar-refractivity contribution in [2.24, 2.45) is 0 Å². The molecular weight excluding hydrogens is 312 g/mol. The maximum Gasteiger partial charge on any atom is 0.274 e. The number of halogens is 1. The summed E-state index contributed by atoms with van der Waals surface area (Å²) in [5.41, 5.74) is 1.15. The van der Waals surface area contributed by atoms with Gasteiger partial charge in [0.2, 0.25) is 0 Å². The second-order valence-electron chi connectivity index (χ2n) is 4.45. The van der Waals surface area contributed by atoms with E-state index >= 15 is 0 Å². The first kappa shape index (κ1) is 13.6. The Bertz CT molecular complexity index is 637. The Morgan fingerprint density at radius 2 is 2.11 bits per heavy atom. The van der Waals surface area contributed by atoms with Crippen LogP contribution >= 0.6 is 27.7 Å². The molecule has 3 nitrogen and oxygen atoms in total. The molecule has 2 aromatic rings. The predicted octanol–water partition coefficient (Wildman–Crippen LogP) is 3.60. The second-order valence-corrected chi connectivity index (χ2v) is 6.06. The fraction of sp³-hybridized carbons (Fsp3) is 0.385. The summed E-state index contributed by atoms with van der Waals surface area (Å²) >= 11 is 5.19. The molecule has 0 N–H and O–H groups in total. The van der Waals surface area contributed by atoms with E-state index in [9.17, 15) is 4.79 Å². The molecule has 0 saturated carbocycles. The van der Waals surface area contributed by atoms with E-state index < -0.39 is 0 Å². The van der Waals surface area contributed by atoms with Crippen molar-refractivity contribution in [3.05, 3.63) is 38.7 Å². The third-order valence-electron chi connectivity index (χ3n) is 2.74. The van der Waals surface area contributed by atoms with Crippen LogP contribution < -0.4 is 5.56 Å². The molecule has 2 rings (SSSR count). The number of benzene rings is 1. The summed E-state index contributed by atoms with van der Waals surface area (Å²) < 4.78 is 2.25. The van der Waals surface area contributed by atoms with Crippen molar-refractivity contribution in [1.82, 2.24) is 9.78 Å². The van der Waals surface area contributed by atoms with Crippen LogP contribution in [0.3, 0.4) is 0 Å². The Hall–Kier alpha value is -0.810. The van der Waals surface area contributed by atoms with Crippen LogP contribution in [0.1, 0.15) is 25.5 Å². The van der Waals surface area contributed by atoms with Crippen molar-refractivity contribution in [2.45, 2.75) is 25.6 Å². The lowest BCUT2D eigenvalue weighted by Gasteiger charge is -2.11. The molecule has 0 spiro atoms. The van der Waals surface area contributed by atoms with Gasteiger partial charge in [0, 0.05) is 11.1 Å². The van der Waals surface area contributed by atoms with Gasteiger partial charge >= 0.3 is 0 Å². The minimum Gasteiger partial charge on any atom is -0.267 e. The van der Waals surface area contributed by atoms with E-state index in [1.807, 2.05) is 32.0 Å². The van der Waals surface area contributed by atoms with Crippen molar-refractivity contribution in [2.75, 3.05) is 6.26 Å². The lowest BCUT2D eigenvalue weighted by molar-refractivity contribution is 0.503. The van der Waals surface area contributed by atoms with Gasteiger partial charge in [-0.3, -0.25) is 4.79 Å². The molecule has 96 valence electrons. The minimum atomic E-state index is -0.0221. The molecule has 1 heterocycles. The van der Waals surface area contributed by atoms with Gasteiger partial charge in [-0.2, -0.15) is 16.9 Å². The molecule has 0 bridgehead atoms. The SMILES string of the molecule is CSCc1ccc2c(Br)nn(C(C)C)c(=O)c2c1. The highest BCUT2D eigenvalue weighted by atomic mass is 79.9. The first-order valence-electron chi connectivity index (χ1n) is 5.74. The molecule has 0 unspecified atom stereocenters. The Morgan fingerprint density at radius 1 is 1.39 bits per heavy atom. The van der Waals surface area contributed by atoms with Gasteiger partial charge < -0.3 is 0 Å². The fourth-order valence-electron chi connectivity index (χ4n) is 1.87.